The molecule has 1 aliphatic rings. The highest BCUT2D eigenvalue weighted by Gasteiger charge is 2.28. The molecule has 0 bridgehead atoms. The van der Waals surface area contributed by atoms with Crippen molar-refractivity contribution in [3.05, 3.63) is 84.1 Å². The number of nitrogens with one attached hydrogen (secondary N) is 3. The Morgan fingerprint density at radius 2 is 1.78 bits per heavy atom. The SMILES string of the molecule is Cc1ccc(-[n+]2[nH]cc3c2NC=N[C@@H]3Nc2ccc3ccccc3c2)cc1. The monoisotopic (exact) mass is 354 g/mol. The Hall–Kier alpha value is -3.60. The average Bonchev–Trinajstić information content (AvgIpc) is 3.14. The number of benzene rings is 3. The summed E-state index contributed by atoms with van der Waals surface area (Å²) in [5, 5.41) is 12.6. The van der Waals surface area contributed by atoms with Crippen molar-refractivity contribution in [2.75, 3.05) is 10.6 Å². The van der Waals surface area contributed by atoms with Gasteiger partial charge in [-0.15, -0.1) is 4.68 Å². The smallest absolute Gasteiger partial charge is 0.313 e. The minimum Gasteiger partial charge on any atom is -0.360 e. The lowest BCUT2D eigenvalue weighted by Gasteiger charge is -2.17. The van der Waals surface area contributed by atoms with Crippen molar-refractivity contribution < 1.29 is 4.68 Å². The lowest BCUT2D eigenvalue weighted by molar-refractivity contribution is -0.641. The van der Waals surface area contributed by atoms with Crippen molar-refractivity contribution in [2.24, 2.45) is 4.99 Å². The van der Waals surface area contributed by atoms with E-state index in [4.69, 9.17) is 0 Å². The fraction of sp³-hybridized carbons (Fsp3) is 0.0909. The summed E-state index contributed by atoms with van der Waals surface area (Å²) in [6, 6.07) is 23.2. The van der Waals surface area contributed by atoms with Crippen molar-refractivity contribution in [1.82, 2.24) is 5.10 Å². The van der Waals surface area contributed by atoms with Crippen LogP contribution in [0.15, 0.2) is 77.9 Å². The molecule has 0 spiro atoms. The van der Waals surface area contributed by atoms with Crippen LogP contribution in [0.25, 0.3) is 16.5 Å². The minimum absolute atomic E-state index is 0.148. The standard InChI is InChI=1S/C22H19N5/c1-15-6-10-19(11-7-15)27-22-20(13-25-27)21(23-14-24-22)26-18-9-8-16-4-2-3-5-17(16)12-18/h2-14,21,26H,1H3,(H,23,24,25)/p+1/t21-/m1/s1. The van der Waals surface area contributed by atoms with Crippen molar-refractivity contribution >= 4 is 28.6 Å². The van der Waals surface area contributed by atoms with Crippen molar-refractivity contribution in [3.63, 3.8) is 0 Å². The normalized spacial score (nSPS) is 15.4. The number of aromatic amines is 1. The van der Waals surface area contributed by atoms with E-state index in [0.717, 1.165) is 22.8 Å². The molecule has 0 amide bonds. The molecule has 3 N–H and O–H groups in total. The lowest BCUT2D eigenvalue weighted by atomic mass is 10.1. The van der Waals surface area contributed by atoms with Gasteiger partial charge in [0, 0.05) is 5.69 Å². The number of anilines is 2. The van der Waals surface area contributed by atoms with Gasteiger partial charge >= 0.3 is 5.82 Å². The van der Waals surface area contributed by atoms with E-state index < -0.39 is 0 Å². The van der Waals surface area contributed by atoms with Gasteiger partial charge in [-0.05, 0) is 42.0 Å². The quantitative estimate of drug-likeness (QED) is 0.480. The van der Waals surface area contributed by atoms with Gasteiger partial charge in [-0.25, -0.2) is 15.4 Å². The van der Waals surface area contributed by atoms with E-state index in [9.17, 15) is 0 Å². The maximum Gasteiger partial charge on any atom is 0.313 e. The molecule has 0 radical (unpaired) electrons. The van der Waals surface area contributed by atoms with E-state index in [1.54, 1.807) is 6.34 Å². The maximum atomic E-state index is 4.59. The minimum atomic E-state index is -0.148. The Morgan fingerprint density at radius 1 is 0.963 bits per heavy atom. The Kier molecular flexibility index (Phi) is 3.64. The largest absolute Gasteiger partial charge is 0.360 e. The summed E-state index contributed by atoms with van der Waals surface area (Å²) >= 11 is 0. The molecule has 4 aromatic rings. The summed E-state index contributed by atoms with van der Waals surface area (Å²) in [5.74, 6) is 0.993. The topological polar surface area (TPSA) is 56.1 Å². The maximum absolute atomic E-state index is 4.59. The third-order valence-corrected chi connectivity index (χ3v) is 4.91. The molecule has 1 atom stereocenters. The van der Waals surface area contributed by atoms with Crippen molar-refractivity contribution in [1.29, 1.82) is 0 Å². The van der Waals surface area contributed by atoms with Gasteiger partial charge in [0.15, 0.2) is 18.2 Å². The van der Waals surface area contributed by atoms with Gasteiger partial charge in [-0.3, -0.25) is 0 Å². The van der Waals surface area contributed by atoms with Crippen LogP contribution >= 0.6 is 0 Å². The summed E-state index contributed by atoms with van der Waals surface area (Å²) in [5.41, 5.74) is 4.44. The van der Waals surface area contributed by atoms with Crippen LogP contribution in [0, 0.1) is 6.92 Å². The average molecular weight is 354 g/mol. The molecule has 0 saturated heterocycles. The Morgan fingerprint density at radius 3 is 2.63 bits per heavy atom. The highest BCUT2D eigenvalue weighted by atomic mass is 15.3. The number of aliphatic imine (C=N–C) groups is 1. The fourth-order valence-corrected chi connectivity index (χ4v) is 3.46. The van der Waals surface area contributed by atoms with E-state index in [1.165, 1.54) is 16.3 Å². The van der Waals surface area contributed by atoms with E-state index in [-0.39, 0.29) is 6.17 Å². The zero-order valence-corrected chi connectivity index (χ0v) is 15.0. The van der Waals surface area contributed by atoms with Crippen LogP contribution in [0.1, 0.15) is 17.3 Å². The van der Waals surface area contributed by atoms with Gasteiger partial charge in [-0.2, -0.15) is 0 Å². The summed E-state index contributed by atoms with van der Waals surface area (Å²) in [7, 11) is 0. The molecule has 2 heterocycles. The highest BCUT2D eigenvalue weighted by molar-refractivity contribution is 5.86. The van der Waals surface area contributed by atoms with E-state index in [1.807, 2.05) is 10.9 Å². The van der Waals surface area contributed by atoms with Crippen molar-refractivity contribution in [3.8, 4) is 5.69 Å². The molecule has 0 aliphatic carbocycles. The molecule has 1 aliphatic heterocycles. The molecule has 3 aromatic carbocycles. The Bertz CT molecular complexity index is 1140. The van der Waals surface area contributed by atoms with Crippen LogP contribution in [0.3, 0.4) is 0 Å². The number of H-pyrrole nitrogens is 1. The van der Waals surface area contributed by atoms with Crippen LogP contribution in [0.5, 0.6) is 0 Å². The first-order valence-corrected chi connectivity index (χ1v) is 9.02. The highest BCUT2D eigenvalue weighted by Crippen LogP contribution is 2.29. The summed E-state index contributed by atoms with van der Waals surface area (Å²) < 4.78 is 2.04. The third-order valence-electron chi connectivity index (χ3n) is 4.91. The third kappa shape index (κ3) is 2.83. The van der Waals surface area contributed by atoms with Gasteiger partial charge in [0.05, 0.1) is 6.20 Å². The number of nitrogens with zero attached hydrogens (tertiary/aromatic N) is 2. The predicted molar refractivity (Wildman–Crippen MR) is 109 cm³/mol. The number of aromatic nitrogens is 2. The number of rotatable bonds is 3. The Balaban J connectivity index is 1.47. The van der Waals surface area contributed by atoms with Crippen LogP contribution in [-0.2, 0) is 0 Å². The molecule has 0 unspecified atom stereocenters. The van der Waals surface area contributed by atoms with Crippen LogP contribution in [-0.4, -0.2) is 11.4 Å². The van der Waals surface area contributed by atoms with E-state index in [0.29, 0.717) is 0 Å². The lowest BCUT2D eigenvalue weighted by Crippen LogP contribution is -2.36. The second-order valence-corrected chi connectivity index (χ2v) is 6.78. The molecule has 27 heavy (non-hydrogen) atoms. The van der Waals surface area contributed by atoms with Gasteiger partial charge < -0.3 is 5.32 Å². The van der Waals surface area contributed by atoms with Crippen LogP contribution in [0.2, 0.25) is 0 Å². The summed E-state index contributed by atoms with van der Waals surface area (Å²) in [4.78, 5) is 4.59. The molecule has 5 heteroatoms. The van der Waals surface area contributed by atoms with Crippen molar-refractivity contribution in [2.45, 2.75) is 13.1 Å². The van der Waals surface area contributed by atoms with E-state index in [2.05, 4.69) is 94.4 Å². The molecular weight excluding hydrogens is 334 g/mol. The fourth-order valence-electron chi connectivity index (χ4n) is 3.46. The number of aryl methyl sites for hydroxylation is 1. The second kappa shape index (κ2) is 6.29. The van der Waals surface area contributed by atoms with Gasteiger partial charge in [0.25, 0.3) is 0 Å². The predicted octanol–water partition coefficient (Wildman–Crippen LogP) is 4.32. The molecular formula is C22H20N5+. The molecule has 1 aromatic heterocycles. The first-order valence-electron chi connectivity index (χ1n) is 9.02. The first kappa shape index (κ1) is 15.6. The first-order chi connectivity index (χ1) is 13.3. The van der Waals surface area contributed by atoms with Crippen LogP contribution in [0.4, 0.5) is 11.5 Å². The van der Waals surface area contributed by atoms with Crippen LogP contribution < -0.4 is 15.3 Å². The van der Waals surface area contributed by atoms with Gasteiger partial charge in [0.2, 0.25) is 0 Å². The summed E-state index contributed by atoms with van der Waals surface area (Å²) in [6.07, 6.45) is 3.60. The number of fused-ring (bicyclic) bond motifs is 2. The Labute approximate surface area is 157 Å². The molecule has 132 valence electrons. The molecule has 5 rings (SSSR count). The zero-order chi connectivity index (χ0) is 18.2. The van der Waals surface area contributed by atoms with E-state index >= 15 is 0 Å². The molecule has 0 fully saturated rings. The molecule has 5 nitrogen and oxygen atoms in total. The number of hydrogen-bond donors (Lipinski definition) is 3. The molecule has 0 saturated carbocycles. The van der Waals surface area contributed by atoms with Gasteiger partial charge in [-0.1, -0.05) is 48.0 Å². The number of hydrogen-bond acceptors (Lipinski definition) is 3. The summed E-state index contributed by atoms with van der Waals surface area (Å²) in [6.45, 7) is 2.09. The zero-order valence-electron chi connectivity index (χ0n) is 15.0. The van der Waals surface area contributed by atoms with Gasteiger partial charge in [0.1, 0.15) is 5.56 Å². The second-order valence-electron chi connectivity index (χ2n) is 6.78.